The van der Waals surface area contributed by atoms with E-state index in [1.54, 1.807) is 24.5 Å². The van der Waals surface area contributed by atoms with Gasteiger partial charge in [-0.2, -0.15) is 0 Å². The fourth-order valence-electron chi connectivity index (χ4n) is 1.17. The van der Waals surface area contributed by atoms with Crippen LogP contribution in [0.5, 0.6) is 0 Å². The van der Waals surface area contributed by atoms with Gasteiger partial charge < -0.3 is 14.4 Å². The fourth-order valence-corrected chi connectivity index (χ4v) is 1.17. The topological polar surface area (TPSA) is 68.5 Å². The molecule has 0 spiro atoms. The smallest absolute Gasteiger partial charge is 0.329 e. The summed E-state index contributed by atoms with van der Waals surface area (Å²) in [5.74, 6) is -1.59. The molecule has 1 atom stereocenters. The Morgan fingerprint density at radius 2 is 2.00 bits per heavy atom. The van der Waals surface area contributed by atoms with Gasteiger partial charge in [-0.1, -0.05) is 0 Å². The standard InChI is InChI=1S/C9H11NO4/c1-14-9(13)7(6-8(11)12)10-4-2-3-5-10/h2-5,7H,6H2,1H3,(H,11,12)/t7-/m0/s1. The van der Waals surface area contributed by atoms with Gasteiger partial charge in [-0.3, -0.25) is 4.79 Å². The van der Waals surface area contributed by atoms with Crippen LogP contribution in [0.1, 0.15) is 12.5 Å². The highest BCUT2D eigenvalue weighted by atomic mass is 16.5. The molecule has 1 N–H and O–H groups in total. The second kappa shape index (κ2) is 4.45. The molecule has 0 unspecified atom stereocenters. The Hall–Kier alpha value is -1.78. The second-order valence-corrected chi connectivity index (χ2v) is 2.77. The zero-order valence-corrected chi connectivity index (χ0v) is 7.71. The molecule has 0 aliphatic rings. The first-order valence-corrected chi connectivity index (χ1v) is 4.07. The predicted octanol–water partition coefficient (Wildman–Crippen LogP) is 0.677. The van der Waals surface area contributed by atoms with E-state index < -0.39 is 18.0 Å². The molecule has 1 rings (SSSR count). The number of ether oxygens (including phenoxy) is 1. The van der Waals surface area contributed by atoms with E-state index in [4.69, 9.17) is 5.11 Å². The van der Waals surface area contributed by atoms with Crippen LogP contribution in [-0.4, -0.2) is 28.7 Å². The highest BCUT2D eigenvalue weighted by Crippen LogP contribution is 2.13. The maximum atomic E-state index is 11.2. The molecule has 1 aromatic rings. The molecule has 0 radical (unpaired) electrons. The zero-order valence-electron chi connectivity index (χ0n) is 7.71. The number of rotatable bonds is 4. The number of aliphatic carboxylic acids is 1. The van der Waals surface area contributed by atoms with Crippen molar-refractivity contribution in [2.75, 3.05) is 7.11 Å². The Bertz CT molecular complexity index is 318. The van der Waals surface area contributed by atoms with Crippen molar-refractivity contribution >= 4 is 11.9 Å². The normalized spacial score (nSPS) is 12.1. The quantitative estimate of drug-likeness (QED) is 0.720. The Morgan fingerprint density at radius 1 is 1.43 bits per heavy atom. The lowest BCUT2D eigenvalue weighted by Crippen LogP contribution is -2.22. The molecule has 76 valence electrons. The summed E-state index contributed by atoms with van der Waals surface area (Å²) in [4.78, 5) is 21.7. The molecule has 0 aliphatic heterocycles. The second-order valence-electron chi connectivity index (χ2n) is 2.77. The Kier molecular flexibility index (Phi) is 3.28. The minimum atomic E-state index is -1.03. The van der Waals surface area contributed by atoms with Crippen LogP contribution in [0.3, 0.4) is 0 Å². The maximum Gasteiger partial charge on any atom is 0.329 e. The number of nitrogens with zero attached hydrogens (tertiary/aromatic N) is 1. The molecule has 0 saturated heterocycles. The number of aromatic nitrogens is 1. The molecule has 0 bridgehead atoms. The van der Waals surface area contributed by atoms with E-state index in [0.717, 1.165) is 0 Å². The van der Waals surface area contributed by atoms with Crippen LogP contribution < -0.4 is 0 Å². The van der Waals surface area contributed by atoms with Crippen molar-refractivity contribution in [1.82, 2.24) is 4.57 Å². The summed E-state index contributed by atoms with van der Waals surface area (Å²) in [5, 5.41) is 8.61. The molecule has 1 aromatic heterocycles. The van der Waals surface area contributed by atoms with E-state index in [1.807, 2.05) is 0 Å². The maximum absolute atomic E-state index is 11.2. The zero-order chi connectivity index (χ0) is 10.6. The molecular formula is C9H11NO4. The number of carboxylic acid groups (broad SMARTS) is 1. The van der Waals surface area contributed by atoms with Gasteiger partial charge in [-0.25, -0.2) is 4.79 Å². The molecule has 5 nitrogen and oxygen atoms in total. The number of carboxylic acids is 1. The van der Waals surface area contributed by atoms with Gasteiger partial charge in [-0.15, -0.1) is 0 Å². The van der Waals surface area contributed by atoms with E-state index in [1.165, 1.54) is 11.7 Å². The van der Waals surface area contributed by atoms with Crippen LogP contribution in [0.25, 0.3) is 0 Å². The van der Waals surface area contributed by atoms with E-state index in [2.05, 4.69) is 4.74 Å². The fraction of sp³-hybridized carbons (Fsp3) is 0.333. The molecule has 1 heterocycles. The largest absolute Gasteiger partial charge is 0.481 e. The molecule has 0 aliphatic carbocycles. The summed E-state index contributed by atoms with van der Waals surface area (Å²) >= 11 is 0. The molecule has 0 aromatic carbocycles. The number of esters is 1. The summed E-state index contributed by atoms with van der Waals surface area (Å²) in [5.41, 5.74) is 0. The van der Waals surface area contributed by atoms with E-state index >= 15 is 0 Å². The first kappa shape index (κ1) is 10.3. The summed E-state index contributed by atoms with van der Waals surface area (Å²) < 4.78 is 6.03. The average Bonchev–Trinajstić information content (AvgIpc) is 2.65. The van der Waals surface area contributed by atoms with Crippen molar-refractivity contribution in [3.63, 3.8) is 0 Å². The summed E-state index contributed by atoms with van der Waals surface area (Å²) in [6.07, 6.45) is 2.98. The van der Waals surface area contributed by atoms with Gasteiger partial charge >= 0.3 is 11.9 Å². The van der Waals surface area contributed by atoms with Gasteiger partial charge in [0.15, 0.2) is 0 Å². The number of carbonyl (C=O) groups is 2. The highest BCUT2D eigenvalue weighted by Gasteiger charge is 2.23. The summed E-state index contributed by atoms with van der Waals surface area (Å²) in [7, 11) is 1.24. The number of hydrogen-bond donors (Lipinski definition) is 1. The molecule has 5 heteroatoms. The number of carbonyl (C=O) groups excluding carboxylic acids is 1. The minimum absolute atomic E-state index is 0.276. The van der Waals surface area contributed by atoms with Gasteiger partial charge in [0.25, 0.3) is 0 Å². The van der Waals surface area contributed by atoms with Crippen LogP contribution in [0.4, 0.5) is 0 Å². The van der Waals surface area contributed by atoms with E-state index in [0.29, 0.717) is 0 Å². The monoisotopic (exact) mass is 197 g/mol. The third-order valence-electron chi connectivity index (χ3n) is 1.83. The Labute approximate surface area is 80.9 Å². The van der Waals surface area contributed by atoms with E-state index in [9.17, 15) is 9.59 Å². The average molecular weight is 197 g/mol. The lowest BCUT2D eigenvalue weighted by Gasteiger charge is -2.13. The third kappa shape index (κ3) is 2.35. The first-order valence-electron chi connectivity index (χ1n) is 4.07. The van der Waals surface area contributed by atoms with Crippen molar-refractivity contribution in [3.05, 3.63) is 24.5 Å². The predicted molar refractivity (Wildman–Crippen MR) is 47.7 cm³/mol. The molecule has 14 heavy (non-hydrogen) atoms. The van der Waals surface area contributed by atoms with Gasteiger partial charge in [0.05, 0.1) is 13.5 Å². The Morgan fingerprint density at radius 3 is 2.43 bits per heavy atom. The van der Waals surface area contributed by atoms with Crippen LogP contribution in [0.15, 0.2) is 24.5 Å². The SMILES string of the molecule is COC(=O)[C@H](CC(=O)O)n1cccc1. The number of hydrogen-bond acceptors (Lipinski definition) is 3. The van der Waals surface area contributed by atoms with Gasteiger partial charge in [0.2, 0.25) is 0 Å². The van der Waals surface area contributed by atoms with Gasteiger partial charge in [0, 0.05) is 12.4 Å². The molecule has 0 saturated carbocycles. The summed E-state index contributed by atoms with van der Waals surface area (Å²) in [6, 6.07) is 2.66. The van der Waals surface area contributed by atoms with Crippen molar-refractivity contribution in [3.8, 4) is 0 Å². The van der Waals surface area contributed by atoms with Crippen molar-refractivity contribution in [2.45, 2.75) is 12.5 Å². The minimum Gasteiger partial charge on any atom is -0.481 e. The van der Waals surface area contributed by atoms with Crippen molar-refractivity contribution < 1.29 is 19.4 Å². The van der Waals surface area contributed by atoms with Gasteiger partial charge in [0.1, 0.15) is 6.04 Å². The third-order valence-corrected chi connectivity index (χ3v) is 1.83. The molecule has 0 amide bonds. The lowest BCUT2D eigenvalue weighted by atomic mass is 10.2. The van der Waals surface area contributed by atoms with Crippen LogP contribution in [0, 0.1) is 0 Å². The van der Waals surface area contributed by atoms with Crippen molar-refractivity contribution in [1.29, 1.82) is 0 Å². The van der Waals surface area contributed by atoms with Crippen molar-refractivity contribution in [2.24, 2.45) is 0 Å². The lowest BCUT2D eigenvalue weighted by molar-refractivity contribution is -0.149. The molecule has 0 fully saturated rings. The summed E-state index contributed by atoms with van der Waals surface area (Å²) in [6.45, 7) is 0. The first-order chi connectivity index (χ1) is 6.65. The van der Waals surface area contributed by atoms with Gasteiger partial charge in [-0.05, 0) is 12.1 Å². The van der Waals surface area contributed by atoms with Crippen LogP contribution in [-0.2, 0) is 14.3 Å². The van der Waals surface area contributed by atoms with Crippen LogP contribution in [0.2, 0.25) is 0 Å². The highest BCUT2D eigenvalue weighted by molar-refractivity contribution is 5.80. The van der Waals surface area contributed by atoms with Crippen LogP contribution >= 0.6 is 0 Å². The number of methoxy groups -OCH3 is 1. The molecular weight excluding hydrogens is 186 g/mol. The Balaban J connectivity index is 2.82. The van der Waals surface area contributed by atoms with E-state index in [-0.39, 0.29) is 6.42 Å².